The highest BCUT2D eigenvalue weighted by Gasteiger charge is 2.17. The fraction of sp³-hybridized carbons (Fsp3) is 0.429. The van der Waals surface area contributed by atoms with Crippen molar-refractivity contribution < 1.29 is 24.6 Å². The molecular formula is C21H27N7O5S-2. The van der Waals surface area contributed by atoms with E-state index in [4.69, 9.17) is 0 Å². The minimum Gasteiger partial charge on any atom is -0.530 e. The first-order valence-corrected chi connectivity index (χ1v) is 11.6. The molecule has 3 amide bonds. The number of amides is 3. The summed E-state index contributed by atoms with van der Waals surface area (Å²) >= 11 is 1.50. The van der Waals surface area contributed by atoms with Gasteiger partial charge in [0.05, 0.1) is 5.69 Å². The zero-order chi connectivity index (χ0) is 24.5. The first-order chi connectivity index (χ1) is 16.3. The van der Waals surface area contributed by atoms with Gasteiger partial charge >= 0.3 is 0 Å². The number of thiazole rings is 1. The number of anilines is 2. The lowest BCUT2D eigenvalue weighted by Crippen LogP contribution is -2.58. The maximum atomic E-state index is 11.5. The van der Waals surface area contributed by atoms with Crippen molar-refractivity contribution in [2.45, 2.75) is 32.6 Å². The Labute approximate surface area is 200 Å². The summed E-state index contributed by atoms with van der Waals surface area (Å²) in [6, 6.07) is 7.13. The van der Waals surface area contributed by atoms with E-state index >= 15 is 0 Å². The summed E-state index contributed by atoms with van der Waals surface area (Å²) in [6.45, 7) is 6.07. The van der Waals surface area contributed by atoms with Crippen LogP contribution in [-0.4, -0.2) is 60.4 Å². The number of hydrogen-bond acceptors (Lipinski definition) is 10. The van der Waals surface area contributed by atoms with Crippen LogP contribution in [0.1, 0.15) is 23.1 Å². The number of rotatable bonds is 10. The van der Waals surface area contributed by atoms with E-state index in [-0.39, 0.29) is 5.91 Å². The second-order valence-electron chi connectivity index (χ2n) is 7.73. The van der Waals surface area contributed by atoms with E-state index in [1.807, 2.05) is 22.8 Å². The number of carbonyl (C=O) groups excluding carboxylic acids is 3. The highest BCUT2D eigenvalue weighted by atomic mass is 32.1. The molecule has 0 bridgehead atoms. The summed E-state index contributed by atoms with van der Waals surface area (Å²) in [5, 5.41) is 34.6. The summed E-state index contributed by atoms with van der Waals surface area (Å²) in [5.74, 6) is -0.156. The molecule has 34 heavy (non-hydrogen) atoms. The number of nitrogens with zero attached hydrogens (tertiary/aromatic N) is 2. The van der Waals surface area contributed by atoms with Gasteiger partial charge in [-0.25, -0.2) is 4.98 Å². The molecule has 0 radical (unpaired) electrons. The molecule has 13 heteroatoms. The molecule has 0 unspecified atom stereocenters. The van der Waals surface area contributed by atoms with Crippen LogP contribution in [-0.2, 0) is 24.2 Å². The molecule has 1 aromatic heterocycles. The lowest BCUT2D eigenvalue weighted by molar-refractivity contribution is -0.255. The molecule has 2 heterocycles. The average molecular weight is 490 g/mol. The molecule has 5 N–H and O–H groups in total. The predicted octanol–water partition coefficient (Wildman–Crippen LogP) is -1.15. The van der Waals surface area contributed by atoms with E-state index < -0.39 is 18.5 Å². The van der Waals surface area contributed by atoms with Crippen LogP contribution < -0.4 is 36.8 Å². The minimum atomic E-state index is -1.64. The van der Waals surface area contributed by atoms with E-state index in [1.165, 1.54) is 18.3 Å². The summed E-state index contributed by atoms with van der Waals surface area (Å²) < 4.78 is 0. The fourth-order valence-corrected chi connectivity index (χ4v) is 4.62. The van der Waals surface area contributed by atoms with Crippen LogP contribution in [0.15, 0.2) is 24.3 Å². The topological polar surface area (TPSA) is 174 Å². The first-order valence-electron chi connectivity index (χ1n) is 10.8. The molecule has 12 nitrogen and oxygen atoms in total. The van der Waals surface area contributed by atoms with Gasteiger partial charge in [0.25, 0.3) is 0 Å². The molecular weight excluding hydrogens is 462 g/mol. The minimum absolute atomic E-state index is 0.156. The number of nitrogens with one attached hydrogen (secondary N) is 5. The van der Waals surface area contributed by atoms with Gasteiger partial charge in [-0.2, -0.15) is 0 Å². The van der Waals surface area contributed by atoms with Gasteiger partial charge in [0.15, 0.2) is 11.4 Å². The second kappa shape index (κ2) is 12.2. The van der Waals surface area contributed by atoms with Crippen LogP contribution in [0.2, 0.25) is 0 Å². The maximum Gasteiger partial charge on any atom is 0.223 e. The third-order valence-corrected chi connectivity index (χ3v) is 6.08. The van der Waals surface area contributed by atoms with Gasteiger partial charge < -0.3 is 46.4 Å². The number of benzene rings is 1. The molecule has 1 aliphatic rings. The zero-order valence-corrected chi connectivity index (χ0v) is 19.5. The average Bonchev–Trinajstić information content (AvgIpc) is 3.13. The normalized spacial score (nSPS) is 13.9. The van der Waals surface area contributed by atoms with Gasteiger partial charge in [-0.1, -0.05) is 12.1 Å². The molecule has 0 atom stereocenters. The summed E-state index contributed by atoms with van der Waals surface area (Å²) in [5.41, 5.74) is 2.47. The lowest BCUT2D eigenvalue weighted by atomic mass is 10.1. The summed E-state index contributed by atoms with van der Waals surface area (Å²) in [7, 11) is 0. The quantitative estimate of drug-likeness (QED) is 0.258. The Morgan fingerprint density at radius 1 is 1.09 bits per heavy atom. The van der Waals surface area contributed by atoms with Gasteiger partial charge in [-0.3, -0.25) is 9.69 Å². The SMILES string of the molecule is CC(=O)Nc1nc(CCc2ccc(NC(NC(=O)[O-])NC(=O)[O-])cc2)c(CN2CCNCC2)s1. The van der Waals surface area contributed by atoms with Gasteiger partial charge in [-0.05, 0) is 30.5 Å². The Bertz CT molecular complexity index is 976. The van der Waals surface area contributed by atoms with E-state index in [1.54, 1.807) is 12.1 Å². The summed E-state index contributed by atoms with van der Waals surface area (Å²) in [4.78, 5) is 41.1. The largest absolute Gasteiger partial charge is 0.530 e. The summed E-state index contributed by atoms with van der Waals surface area (Å²) in [6.07, 6.45) is -3.19. The number of carboxylic acid groups (broad SMARTS) is 2. The highest BCUT2D eigenvalue weighted by Crippen LogP contribution is 2.26. The standard InChI is InChI=1S/C21H29N7O5S/c1-13(29)23-19-25-16(17(34-19)12-28-10-8-22-9-11-28)7-4-14-2-5-15(6-3-14)24-18(26-20(30)31)27-21(32)33/h2-3,5-6,18,22,24,26-27H,4,7-12H2,1H3,(H,30,31)(H,32,33)(H,23,25,29)/p-2. The molecule has 1 saturated heterocycles. The van der Waals surface area contributed by atoms with Gasteiger partial charge in [0.1, 0.15) is 12.2 Å². The smallest absolute Gasteiger partial charge is 0.223 e. The Balaban J connectivity index is 1.63. The van der Waals surface area contributed by atoms with Crippen LogP contribution in [0.5, 0.6) is 0 Å². The second-order valence-corrected chi connectivity index (χ2v) is 8.82. The number of hydrogen-bond donors (Lipinski definition) is 5. The van der Waals surface area contributed by atoms with E-state index in [0.717, 1.165) is 48.9 Å². The number of piperazine rings is 1. The van der Waals surface area contributed by atoms with E-state index in [0.29, 0.717) is 23.7 Å². The third-order valence-electron chi connectivity index (χ3n) is 5.08. The number of aromatic nitrogens is 1. The molecule has 3 rings (SSSR count). The van der Waals surface area contributed by atoms with E-state index in [2.05, 4.69) is 25.8 Å². The molecule has 1 fully saturated rings. The van der Waals surface area contributed by atoms with Crippen LogP contribution in [0.25, 0.3) is 0 Å². The van der Waals surface area contributed by atoms with Crippen LogP contribution in [0.4, 0.5) is 20.4 Å². The van der Waals surface area contributed by atoms with Gasteiger partial charge in [0.2, 0.25) is 5.91 Å². The van der Waals surface area contributed by atoms with Crippen LogP contribution in [0, 0.1) is 0 Å². The van der Waals surface area contributed by atoms with Gasteiger partial charge in [-0.15, -0.1) is 11.3 Å². The maximum absolute atomic E-state index is 11.5. The Morgan fingerprint density at radius 3 is 2.32 bits per heavy atom. The van der Waals surface area contributed by atoms with Crippen molar-refractivity contribution in [1.29, 1.82) is 0 Å². The lowest BCUT2D eigenvalue weighted by Gasteiger charge is -2.26. The molecule has 0 saturated carbocycles. The molecule has 184 valence electrons. The van der Waals surface area contributed by atoms with Crippen molar-refractivity contribution in [3.63, 3.8) is 0 Å². The Hall–Kier alpha value is -3.42. The molecule has 0 aliphatic carbocycles. The Kier molecular flexibility index (Phi) is 9.01. The fourth-order valence-electron chi connectivity index (χ4n) is 3.52. The molecule has 1 aliphatic heterocycles. The number of carbonyl (C=O) groups is 3. The van der Waals surface area contributed by atoms with Crippen LogP contribution >= 0.6 is 11.3 Å². The monoisotopic (exact) mass is 489 g/mol. The third kappa shape index (κ3) is 8.17. The molecule has 2 aromatic rings. The van der Waals surface area contributed by atoms with Crippen molar-refractivity contribution in [3.05, 3.63) is 40.4 Å². The van der Waals surface area contributed by atoms with Crippen molar-refractivity contribution in [1.82, 2.24) is 25.8 Å². The number of aryl methyl sites for hydroxylation is 2. The van der Waals surface area contributed by atoms with Gasteiger partial charge in [0, 0.05) is 50.2 Å². The molecule has 1 aromatic carbocycles. The molecule has 0 spiro atoms. The Morgan fingerprint density at radius 2 is 1.74 bits per heavy atom. The van der Waals surface area contributed by atoms with E-state index in [9.17, 15) is 24.6 Å². The first kappa shape index (κ1) is 25.2. The van der Waals surface area contributed by atoms with Crippen molar-refractivity contribution in [2.24, 2.45) is 0 Å². The predicted molar refractivity (Wildman–Crippen MR) is 123 cm³/mol. The highest BCUT2D eigenvalue weighted by molar-refractivity contribution is 7.15. The van der Waals surface area contributed by atoms with Crippen molar-refractivity contribution in [3.8, 4) is 0 Å². The van der Waals surface area contributed by atoms with Crippen LogP contribution in [0.3, 0.4) is 0 Å². The zero-order valence-electron chi connectivity index (χ0n) is 18.7. The van der Waals surface area contributed by atoms with Crippen molar-refractivity contribution in [2.75, 3.05) is 36.8 Å². The van der Waals surface area contributed by atoms with Crippen molar-refractivity contribution >= 4 is 40.2 Å².